The average molecular weight is 463 g/mol. The van der Waals surface area contributed by atoms with Gasteiger partial charge in [0.2, 0.25) is 5.16 Å². The molecule has 0 saturated carbocycles. The largest absolute Gasteiger partial charge is 0.462 e. The van der Waals surface area contributed by atoms with Crippen LogP contribution in [0.4, 0.5) is 0 Å². The van der Waals surface area contributed by atoms with E-state index in [4.69, 9.17) is 4.74 Å². The minimum Gasteiger partial charge on any atom is -0.462 e. The first-order valence-electron chi connectivity index (χ1n) is 8.62. The highest BCUT2D eigenvalue weighted by atomic mass is 79.9. The maximum Gasteiger partial charge on any atom is 0.340 e. The van der Waals surface area contributed by atoms with Crippen LogP contribution in [0.1, 0.15) is 39.0 Å². The number of nitrogens with one attached hydrogen (secondary N) is 2. The van der Waals surface area contributed by atoms with E-state index in [1.54, 1.807) is 20.8 Å². The van der Waals surface area contributed by atoms with Crippen molar-refractivity contribution < 1.29 is 14.3 Å². The highest BCUT2D eigenvalue weighted by Crippen LogP contribution is 2.27. The summed E-state index contributed by atoms with van der Waals surface area (Å²) < 4.78 is 5.97. The number of aromatic nitrogens is 4. The fourth-order valence-electron chi connectivity index (χ4n) is 2.83. The summed E-state index contributed by atoms with van der Waals surface area (Å²) in [5.74, 6) is 0.218. The van der Waals surface area contributed by atoms with Gasteiger partial charge in [-0.25, -0.2) is 9.78 Å². The van der Waals surface area contributed by atoms with Crippen molar-refractivity contribution in [2.45, 2.75) is 25.9 Å². The number of rotatable bonds is 7. The Hall–Kier alpha value is -2.39. The van der Waals surface area contributed by atoms with Crippen molar-refractivity contribution in [3.05, 3.63) is 51.3 Å². The monoisotopic (exact) mass is 462 g/mol. The summed E-state index contributed by atoms with van der Waals surface area (Å²) in [6.45, 7) is 5.53. The third kappa shape index (κ3) is 4.20. The number of thioether (sulfide) groups is 1. The van der Waals surface area contributed by atoms with Crippen molar-refractivity contribution in [3.63, 3.8) is 0 Å². The predicted molar refractivity (Wildman–Crippen MR) is 111 cm³/mol. The summed E-state index contributed by atoms with van der Waals surface area (Å²) >= 11 is 4.72. The van der Waals surface area contributed by atoms with Crippen molar-refractivity contribution in [2.75, 3.05) is 12.4 Å². The van der Waals surface area contributed by atoms with Gasteiger partial charge in [0.1, 0.15) is 0 Å². The Morgan fingerprint density at radius 3 is 2.71 bits per heavy atom. The summed E-state index contributed by atoms with van der Waals surface area (Å²) in [6.07, 6.45) is 0. The summed E-state index contributed by atoms with van der Waals surface area (Å²) in [5.41, 5.74) is 2.95. The normalized spacial score (nSPS) is 10.9. The molecule has 0 atom stereocenters. The van der Waals surface area contributed by atoms with E-state index in [2.05, 4.69) is 36.1 Å². The number of aryl methyl sites for hydroxylation is 1. The molecular weight excluding hydrogens is 444 g/mol. The maximum absolute atomic E-state index is 12.6. The molecule has 0 bridgehead atoms. The quantitative estimate of drug-likeness (QED) is 0.307. The van der Waals surface area contributed by atoms with E-state index in [0.717, 1.165) is 10.0 Å². The molecule has 0 fully saturated rings. The molecule has 0 aliphatic rings. The van der Waals surface area contributed by atoms with Gasteiger partial charge in [0.05, 0.1) is 23.6 Å². The lowest BCUT2D eigenvalue weighted by Gasteiger charge is -2.02. The predicted octanol–water partition coefficient (Wildman–Crippen LogP) is 4.33. The first-order valence-corrected chi connectivity index (χ1v) is 10.4. The van der Waals surface area contributed by atoms with Gasteiger partial charge >= 0.3 is 5.97 Å². The topological polar surface area (TPSA) is 101 Å². The van der Waals surface area contributed by atoms with Gasteiger partial charge in [-0.2, -0.15) is 0 Å². The number of aromatic amines is 2. The fraction of sp³-hybridized carbons (Fsp3) is 0.263. The highest BCUT2D eigenvalue weighted by Gasteiger charge is 2.23. The summed E-state index contributed by atoms with van der Waals surface area (Å²) in [6, 6.07) is 7.68. The zero-order chi connectivity index (χ0) is 20.3. The van der Waals surface area contributed by atoms with Crippen molar-refractivity contribution in [2.24, 2.45) is 0 Å². The molecular formula is C19H19BrN4O3S. The van der Waals surface area contributed by atoms with Gasteiger partial charge in [-0.05, 0) is 32.4 Å². The lowest BCUT2D eigenvalue weighted by Crippen LogP contribution is -2.08. The van der Waals surface area contributed by atoms with Crippen molar-refractivity contribution in [1.82, 2.24) is 20.2 Å². The van der Waals surface area contributed by atoms with Gasteiger partial charge in [0.25, 0.3) is 0 Å². The van der Waals surface area contributed by atoms with Gasteiger partial charge in [-0.3, -0.25) is 9.89 Å². The van der Waals surface area contributed by atoms with Crippen molar-refractivity contribution in [1.29, 1.82) is 0 Å². The van der Waals surface area contributed by atoms with E-state index in [0.29, 0.717) is 33.5 Å². The number of hydrogen-bond acceptors (Lipinski definition) is 6. The molecule has 0 unspecified atom stereocenters. The van der Waals surface area contributed by atoms with E-state index in [9.17, 15) is 9.59 Å². The van der Waals surface area contributed by atoms with Crippen LogP contribution < -0.4 is 0 Å². The second-order valence-electron chi connectivity index (χ2n) is 6.00. The molecule has 0 saturated heterocycles. The smallest absolute Gasteiger partial charge is 0.340 e. The minimum atomic E-state index is -0.424. The molecule has 2 aromatic heterocycles. The van der Waals surface area contributed by atoms with E-state index < -0.39 is 5.97 Å². The van der Waals surface area contributed by atoms with Crippen LogP contribution >= 0.6 is 27.7 Å². The number of hydrogen-bond donors (Lipinski definition) is 2. The van der Waals surface area contributed by atoms with Crippen LogP contribution in [-0.4, -0.2) is 44.3 Å². The Morgan fingerprint density at radius 1 is 1.25 bits per heavy atom. The average Bonchev–Trinajstić information content (AvgIpc) is 3.24. The molecule has 2 heterocycles. The summed E-state index contributed by atoms with van der Waals surface area (Å²) in [5, 5.41) is 7.53. The molecule has 3 aromatic rings. The fourth-order valence-corrected chi connectivity index (χ4v) is 3.97. The van der Waals surface area contributed by atoms with Crippen LogP contribution in [0.3, 0.4) is 0 Å². The van der Waals surface area contributed by atoms with E-state index >= 15 is 0 Å². The van der Waals surface area contributed by atoms with Crippen molar-refractivity contribution >= 4 is 39.4 Å². The number of ketones is 1. The van der Waals surface area contributed by atoms with E-state index in [-0.39, 0.29) is 18.1 Å². The number of ether oxygens (including phenoxy) is 1. The molecule has 0 amide bonds. The molecule has 2 N–H and O–H groups in total. The molecule has 3 rings (SSSR count). The Labute approximate surface area is 174 Å². The SMILES string of the molecule is CCOC(=O)c1c(C)[nH]c(C(=O)CSc2n[nH]c(-c3ccccc3Br)n2)c1C. The molecule has 0 aliphatic carbocycles. The number of halogens is 1. The Balaban J connectivity index is 1.71. The summed E-state index contributed by atoms with van der Waals surface area (Å²) in [4.78, 5) is 32.2. The summed E-state index contributed by atoms with van der Waals surface area (Å²) in [7, 11) is 0. The number of carbonyl (C=O) groups excluding carboxylic acids is 2. The zero-order valence-electron chi connectivity index (χ0n) is 15.6. The lowest BCUT2D eigenvalue weighted by molar-refractivity contribution is 0.0525. The van der Waals surface area contributed by atoms with Gasteiger partial charge in [-0.1, -0.05) is 45.9 Å². The lowest BCUT2D eigenvalue weighted by atomic mass is 10.1. The Bertz CT molecular complexity index is 1030. The molecule has 28 heavy (non-hydrogen) atoms. The molecule has 0 aliphatic heterocycles. The second kappa shape index (κ2) is 8.74. The Kier molecular flexibility index (Phi) is 6.35. The van der Waals surface area contributed by atoms with Gasteiger partial charge in [0, 0.05) is 15.7 Å². The first kappa shape index (κ1) is 20.3. The first-order chi connectivity index (χ1) is 13.4. The van der Waals surface area contributed by atoms with Gasteiger partial charge < -0.3 is 9.72 Å². The molecule has 7 nitrogen and oxygen atoms in total. The van der Waals surface area contributed by atoms with E-state index in [1.807, 2.05) is 24.3 Å². The third-order valence-electron chi connectivity index (χ3n) is 4.12. The van der Waals surface area contributed by atoms with Crippen LogP contribution in [0.25, 0.3) is 11.4 Å². The number of nitrogens with zero attached hydrogens (tertiary/aromatic N) is 2. The molecule has 0 radical (unpaired) electrons. The molecule has 1 aromatic carbocycles. The van der Waals surface area contributed by atoms with Crippen LogP contribution in [-0.2, 0) is 4.74 Å². The highest BCUT2D eigenvalue weighted by molar-refractivity contribution is 9.10. The molecule has 0 spiro atoms. The van der Waals surface area contributed by atoms with E-state index in [1.165, 1.54) is 11.8 Å². The second-order valence-corrected chi connectivity index (χ2v) is 7.80. The standard InChI is InChI=1S/C19H19BrN4O3S/c1-4-27-18(26)15-10(2)16(21-11(15)3)14(25)9-28-19-22-17(23-24-19)12-7-5-6-8-13(12)20/h5-8,21H,4,9H2,1-3H3,(H,22,23,24). The van der Waals surface area contributed by atoms with Gasteiger partial charge in [0.15, 0.2) is 11.6 Å². The number of H-pyrrole nitrogens is 2. The molecule has 9 heteroatoms. The number of esters is 1. The number of carbonyl (C=O) groups is 2. The Morgan fingerprint density at radius 2 is 2.00 bits per heavy atom. The number of benzene rings is 1. The zero-order valence-corrected chi connectivity index (χ0v) is 18.0. The van der Waals surface area contributed by atoms with Crippen LogP contribution in [0.2, 0.25) is 0 Å². The third-order valence-corrected chi connectivity index (χ3v) is 5.66. The number of Topliss-reactive ketones (excluding diaryl/α,β-unsaturated/α-hetero) is 1. The van der Waals surface area contributed by atoms with Crippen LogP contribution in [0.15, 0.2) is 33.9 Å². The maximum atomic E-state index is 12.6. The van der Waals surface area contributed by atoms with Crippen LogP contribution in [0, 0.1) is 13.8 Å². The van der Waals surface area contributed by atoms with Crippen LogP contribution in [0.5, 0.6) is 0 Å². The van der Waals surface area contributed by atoms with Gasteiger partial charge in [-0.15, -0.1) is 5.10 Å². The van der Waals surface area contributed by atoms with Crippen molar-refractivity contribution in [3.8, 4) is 11.4 Å². The molecule has 146 valence electrons. The minimum absolute atomic E-state index is 0.131.